The van der Waals surface area contributed by atoms with Crippen molar-refractivity contribution < 1.29 is 14.4 Å². The minimum absolute atomic E-state index is 0.0275. The molecule has 5 rings (SSSR count). The second-order valence-corrected chi connectivity index (χ2v) is 11.3. The molecule has 0 saturated carbocycles. The van der Waals surface area contributed by atoms with Gasteiger partial charge in [0.1, 0.15) is 17.4 Å². The lowest BCUT2D eigenvalue weighted by Crippen LogP contribution is -2.59. The van der Waals surface area contributed by atoms with Gasteiger partial charge in [0.05, 0.1) is 6.04 Å². The van der Waals surface area contributed by atoms with E-state index in [2.05, 4.69) is 10.3 Å². The quantitative estimate of drug-likeness (QED) is 0.405. The summed E-state index contributed by atoms with van der Waals surface area (Å²) >= 11 is 0. The number of amides is 3. The van der Waals surface area contributed by atoms with Crippen LogP contribution in [0.5, 0.6) is 0 Å². The maximum absolute atomic E-state index is 13.6. The van der Waals surface area contributed by atoms with E-state index in [1.807, 2.05) is 91.9 Å². The van der Waals surface area contributed by atoms with Gasteiger partial charge in [-0.2, -0.15) is 0 Å². The summed E-state index contributed by atoms with van der Waals surface area (Å²) in [5.41, 5.74) is 2.43. The maximum Gasteiger partial charge on any atom is 0.270 e. The zero-order valence-electron chi connectivity index (χ0n) is 22.6. The number of likely N-dealkylation sites (tertiary alicyclic amines) is 1. The van der Waals surface area contributed by atoms with E-state index >= 15 is 0 Å². The summed E-state index contributed by atoms with van der Waals surface area (Å²) in [5.74, 6) is -0.523. The zero-order chi connectivity index (χ0) is 27.2. The highest BCUT2D eigenvalue weighted by molar-refractivity contribution is 6.01. The number of fused-ring (bicyclic) bond motifs is 2. The SMILES string of the molecule is CN(C[C@@H]1CCN1C(=O)c1cc2ccccc2n1C)C(=O)[C@@H](NC(=O)c1cc2ccccc2[nH]1)C(C)(C)C. The molecule has 4 aromatic rings. The van der Waals surface area contributed by atoms with Gasteiger partial charge in [0.25, 0.3) is 11.8 Å². The number of aryl methyl sites for hydroxylation is 1. The molecule has 3 amide bonds. The molecule has 0 bridgehead atoms. The van der Waals surface area contributed by atoms with Crippen LogP contribution in [0.4, 0.5) is 0 Å². The van der Waals surface area contributed by atoms with Gasteiger partial charge in [-0.3, -0.25) is 14.4 Å². The van der Waals surface area contributed by atoms with Crippen molar-refractivity contribution in [1.29, 1.82) is 0 Å². The Morgan fingerprint density at radius 3 is 2.37 bits per heavy atom. The lowest BCUT2D eigenvalue weighted by atomic mass is 9.85. The van der Waals surface area contributed by atoms with Crippen LogP contribution in [0, 0.1) is 5.41 Å². The molecule has 1 aliphatic heterocycles. The van der Waals surface area contributed by atoms with Gasteiger partial charge < -0.3 is 24.7 Å². The molecule has 2 atom stereocenters. The molecule has 1 saturated heterocycles. The average Bonchev–Trinajstić information content (AvgIpc) is 3.45. The number of carbonyl (C=O) groups excluding carboxylic acids is 3. The second kappa shape index (κ2) is 9.67. The predicted octanol–water partition coefficient (Wildman–Crippen LogP) is 4.18. The molecule has 8 nitrogen and oxygen atoms in total. The van der Waals surface area contributed by atoms with Crippen LogP contribution >= 0.6 is 0 Å². The number of aromatic amines is 1. The fraction of sp³-hybridized carbons (Fsp3) is 0.367. The molecular weight excluding hydrogens is 478 g/mol. The molecule has 0 unspecified atom stereocenters. The smallest absolute Gasteiger partial charge is 0.270 e. The van der Waals surface area contributed by atoms with Crippen LogP contribution in [0.15, 0.2) is 60.7 Å². The van der Waals surface area contributed by atoms with Crippen LogP contribution in [-0.2, 0) is 11.8 Å². The number of hydrogen-bond donors (Lipinski definition) is 2. The van der Waals surface area contributed by atoms with Gasteiger partial charge in [-0.15, -0.1) is 0 Å². The van der Waals surface area contributed by atoms with E-state index in [4.69, 9.17) is 0 Å². The molecule has 2 aromatic carbocycles. The third-order valence-electron chi connectivity index (χ3n) is 7.60. The van der Waals surface area contributed by atoms with Crippen LogP contribution in [0.3, 0.4) is 0 Å². The number of hydrogen-bond acceptors (Lipinski definition) is 3. The summed E-state index contributed by atoms with van der Waals surface area (Å²) < 4.78 is 1.93. The van der Waals surface area contributed by atoms with Crippen molar-refractivity contribution in [2.45, 2.75) is 39.3 Å². The number of nitrogens with zero attached hydrogens (tertiary/aromatic N) is 3. The highest BCUT2D eigenvalue weighted by Crippen LogP contribution is 2.27. The van der Waals surface area contributed by atoms with E-state index in [1.54, 1.807) is 18.0 Å². The lowest BCUT2D eigenvalue weighted by molar-refractivity contribution is -0.135. The van der Waals surface area contributed by atoms with E-state index < -0.39 is 11.5 Å². The number of benzene rings is 2. The number of likely N-dealkylation sites (N-methyl/N-ethyl adjacent to an activating group) is 1. The molecule has 198 valence electrons. The Bertz CT molecular complexity index is 1490. The summed E-state index contributed by atoms with van der Waals surface area (Å²) in [6.07, 6.45) is 0.828. The third kappa shape index (κ3) is 4.66. The Morgan fingerprint density at radius 2 is 1.74 bits per heavy atom. The molecule has 2 aromatic heterocycles. The predicted molar refractivity (Wildman–Crippen MR) is 149 cm³/mol. The normalized spacial score (nSPS) is 16.3. The first-order valence-electron chi connectivity index (χ1n) is 13.0. The van der Waals surface area contributed by atoms with Crippen LogP contribution in [0.25, 0.3) is 21.8 Å². The Hall–Kier alpha value is -4.07. The van der Waals surface area contributed by atoms with Gasteiger partial charge in [-0.25, -0.2) is 0 Å². The highest BCUT2D eigenvalue weighted by Gasteiger charge is 2.39. The third-order valence-corrected chi connectivity index (χ3v) is 7.60. The number of aromatic nitrogens is 2. The summed E-state index contributed by atoms with van der Waals surface area (Å²) in [7, 11) is 3.65. The molecule has 0 radical (unpaired) electrons. The van der Waals surface area contributed by atoms with E-state index in [9.17, 15) is 14.4 Å². The van der Waals surface area contributed by atoms with Gasteiger partial charge in [0.2, 0.25) is 5.91 Å². The van der Waals surface area contributed by atoms with Crippen LogP contribution in [-0.4, -0.2) is 69.3 Å². The monoisotopic (exact) mass is 513 g/mol. The molecule has 1 aliphatic rings. The first kappa shape index (κ1) is 25.6. The van der Waals surface area contributed by atoms with E-state index in [0.717, 1.165) is 28.2 Å². The summed E-state index contributed by atoms with van der Waals surface area (Å²) in [6.45, 7) is 6.88. The van der Waals surface area contributed by atoms with E-state index in [1.165, 1.54) is 0 Å². The lowest BCUT2D eigenvalue weighted by Gasteiger charge is -2.43. The van der Waals surface area contributed by atoms with Crippen molar-refractivity contribution >= 4 is 39.5 Å². The first-order chi connectivity index (χ1) is 18.0. The van der Waals surface area contributed by atoms with Crippen molar-refractivity contribution in [2.24, 2.45) is 12.5 Å². The first-order valence-corrected chi connectivity index (χ1v) is 13.0. The second-order valence-electron chi connectivity index (χ2n) is 11.3. The molecule has 0 aliphatic carbocycles. The van der Waals surface area contributed by atoms with Crippen molar-refractivity contribution in [3.05, 3.63) is 72.1 Å². The molecule has 38 heavy (non-hydrogen) atoms. The van der Waals surface area contributed by atoms with Crippen molar-refractivity contribution in [3.8, 4) is 0 Å². The number of nitrogens with one attached hydrogen (secondary N) is 2. The number of rotatable bonds is 6. The van der Waals surface area contributed by atoms with Gasteiger partial charge in [0.15, 0.2) is 0 Å². The van der Waals surface area contributed by atoms with Gasteiger partial charge in [-0.1, -0.05) is 57.2 Å². The minimum Gasteiger partial charge on any atom is -0.351 e. The molecule has 0 spiro atoms. The van der Waals surface area contributed by atoms with Gasteiger partial charge >= 0.3 is 0 Å². The summed E-state index contributed by atoms with van der Waals surface area (Å²) in [4.78, 5) is 46.8. The van der Waals surface area contributed by atoms with Gasteiger partial charge in [0, 0.05) is 49.0 Å². The fourth-order valence-corrected chi connectivity index (χ4v) is 5.22. The Kier molecular flexibility index (Phi) is 6.51. The van der Waals surface area contributed by atoms with Crippen molar-refractivity contribution in [2.75, 3.05) is 20.1 Å². The zero-order valence-corrected chi connectivity index (χ0v) is 22.6. The van der Waals surface area contributed by atoms with E-state index in [0.29, 0.717) is 24.5 Å². The largest absolute Gasteiger partial charge is 0.351 e. The van der Waals surface area contributed by atoms with Crippen LogP contribution in [0.1, 0.15) is 48.2 Å². The maximum atomic E-state index is 13.6. The Labute approximate surface area is 222 Å². The average molecular weight is 514 g/mol. The topological polar surface area (TPSA) is 90.4 Å². The Morgan fingerprint density at radius 1 is 1.05 bits per heavy atom. The molecule has 2 N–H and O–H groups in total. The molecule has 3 heterocycles. The molecule has 1 fully saturated rings. The van der Waals surface area contributed by atoms with E-state index in [-0.39, 0.29) is 23.8 Å². The number of H-pyrrole nitrogens is 1. The molecule has 8 heteroatoms. The minimum atomic E-state index is -0.728. The fourth-order valence-electron chi connectivity index (χ4n) is 5.22. The van der Waals surface area contributed by atoms with Gasteiger partial charge in [-0.05, 0) is 36.1 Å². The highest BCUT2D eigenvalue weighted by atomic mass is 16.2. The Balaban J connectivity index is 1.27. The van der Waals surface area contributed by atoms with Crippen LogP contribution in [0.2, 0.25) is 0 Å². The standard InChI is InChI=1S/C30H35N5O3/c1-30(2,3)26(32-27(36)23-16-19-10-6-8-12-22(19)31-23)29(38)33(4)18-21-14-15-35(21)28(37)25-17-20-11-7-9-13-24(20)34(25)5/h6-13,16-17,21,26,31H,14-15,18H2,1-5H3,(H,32,36)/t21-,26+/m0/s1. The van der Waals surface area contributed by atoms with Crippen LogP contribution < -0.4 is 5.32 Å². The molecular formula is C30H35N5O3. The van der Waals surface area contributed by atoms with Crippen molar-refractivity contribution in [3.63, 3.8) is 0 Å². The summed E-state index contributed by atoms with van der Waals surface area (Å²) in [5, 5.41) is 4.93. The van der Waals surface area contributed by atoms with Crippen molar-refractivity contribution in [1.82, 2.24) is 24.7 Å². The summed E-state index contributed by atoms with van der Waals surface area (Å²) in [6, 6.07) is 18.5. The number of para-hydroxylation sites is 2. The number of carbonyl (C=O) groups is 3.